The molecule has 0 aliphatic heterocycles. The van der Waals surface area contributed by atoms with Crippen molar-refractivity contribution in [3.8, 4) is 6.07 Å². The van der Waals surface area contributed by atoms with Crippen molar-refractivity contribution in [2.75, 3.05) is 14.2 Å². The lowest BCUT2D eigenvalue weighted by atomic mass is 9.27. The molecule has 7 aliphatic rings. The summed E-state index contributed by atoms with van der Waals surface area (Å²) in [5, 5.41) is 23.0. The first-order valence-electron chi connectivity index (χ1n) is 13.2. The number of ketones is 1. The number of methoxy groups -OCH3 is 2. The van der Waals surface area contributed by atoms with Crippen molar-refractivity contribution in [1.29, 1.82) is 5.26 Å². The van der Waals surface area contributed by atoms with E-state index in [0.717, 1.165) is 43.8 Å². The lowest BCUT2D eigenvalue weighted by Gasteiger charge is -2.79. The van der Waals surface area contributed by atoms with Crippen LogP contribution in [-0.4, -0.2) is 50.9 Å². The zero-order valence-electron chi connectivity index (χ0n) is 21.0. The summed E-state index contributed by atoms with van der Waals surface area (Å²) in [6.07, 6.45) is 5.01. The number of carbonyl (C=O) groups is 1. The number of aliphatic hydroxyl groups is 1. The molecule has 0 aromatic heterocycles. The van der Waals surface area contributed by atoms with Crippen LogP contribution in [0.4, 0.5) is 0 Å². The van der Waals surface area contributed by atoms with E-state index in [9.17, 15) is 15.2 Å². The second kappa shape index (κ2) is 7.61. The van der Waals surface area contributed by atoms with Gasteiger partial charge in [-0.25, -0.2) is 0 Å². The minimum absolute atomic E-state index is 0.0312. The van der Waals surface area contributed by atoms with Gasteiger partial charge in [0, 0.05) is 36.9 Å². The van der Waals surface area contributed by atoms with E-state index in [2.05, 4.69) is 26.8 Å². The fourth-order valence-corrected chi connectivity index (χ4v) is 12.8. The largest absolute Gasteiger partial charge is 0.413 e. The molecule has 7 heteroatoms. The van der Waals surface area contributed by atoms with E-state index in [1.165, 1.54) is 0 Å². The molecular weight excluding hydrogens is 434 g/mol. The molecule has 0 heterocycles. The number of hydrogen-bond donors (Lipinski definition) is 1. The fourth-order valence-electron chi connectivity index (χ4n) is 9.86. The van der Waals surface area contributed by atoms with Gasteiger partial charge in [-0.05, 0) is 69.0 Å². The van der Waals surface area contributed by atoms with Gasteiger partial charge in [0.25, 0.3) is 0 Å². The van der Waals surface area contributed by atoms with E-state index in [4.69, 9.17) is 13.9 Å². The van der Waals surface area contributed by atoms with Crippen LogP contribution in [0.5, 0.6) is 0 Å². The molecule has 33 heavy (non-hydrogen) atoms. The highest BCUT2D eigenvalue weighted by atomic mass is 28.4. The van der Waals surface area contributed by atoms with Crippen molar-refractivity contribution in [2.45, 2.75) is 101 Å². The molecule has 0 aromatic carbocycles. The number of Topliss-reactive ketones (excluding diaryl/α,β-unsaturated/α-hetero) is 1. The maximum Gasteiger partial charge on any atom is 0.231 e. The third kappa shape index (κ3) is 2.45. The van der Waals surface area contributed by atoms with Gasteiger partial charge in [-0.3, -0.25) is 4.79 Å². The van der Waals surface area contributed by atoms with E-state index < -0.39 is 30.5 Å². The number of nitrogens with zero attached hydrogens (tertiary/aromatic N) is 1. The molecule has 2 spiro atoms. The Kier molecular flexibility index (Phi) is 5.52. The summed E-state index contributed by atoms with van der Waals surface area (Å²) >= 11 is 0. The third-order valence-corrected chi connectivity index (χ3v) is 16.2. The van der Waals surface area contributed by atoms with E-state index in [0.29, 0.717) is 19.3 Å². The lowest BCUT2D eigenvalue weighted by molar-refractivity contribution is -0.372. The zero-order chi connectivity index (χ0) is 23.9. The third-order valence-electron chi connectivity index (χ3n) is 11.6. The second-order valence-electron chi connectivity index (χ2n) is 11.6. The number of nitriles is 1. The summed E-state index contributed by atoms with van der Waals surface area (Å²) in [4.78, 5) is 14.4. The Morgan fingerprint density at radius 1 is 1.09 bits per heavy atom. The standard InChI is InChI=1S/C26H41NO5Si/c1-6-33(7-2,8-3)32-21-19-14-18-15-20-23(19,22(28)26(18,30-4)31-5)12-13-24(21)17(16-27)10-9-11-25(20,24)29/h17-21,29H,6-15H2,1-5H3/t17-,18+,19-,20-,21-,23-,24+,25-/m1/s1. The molecule has 0 saturated heterocycles. The molecule has 7 fully saturated rings. The Balaban J connectivity index is 1.72. The second-order valence-corrected chi connectivity index (χ2v) is 16.3. The SMILES string of the molecule is CC[Si](CC)(CC)O[C@@H]1[C@H]2C[C@H]3C[C@@H]4[C@]2(CC[C@]12[C@@H](C#N)CCC[C@@]42O)C(=O)C3(OC)OC. The molecule has 1 N–H and O–H groups in total. The first-order chi connectivity index (χ1) is 15.8. The molecule has 0 amide bonds. The summed E-state index contributed by atoms with van der Waals surface area (Å²) < 4.78 is 19.0. The molecule has 0 aromatic rings. The molecule has 6 nitrogen and oxygen atoms in total. The number of hydrogen-bond acceptors (Lipinski definition) is 6. The Hall–Kier alpha value is -0.783. The molecular formula is C26H41NO5Si. The number of rotatable bonds is 7. The highest BCUT2D eigenvalue weighted by molar-refractivity contribution is 6.73. The lowest BCUT2D eigenvalue weighted by Crippen LogP contribution is -2.86. The van der Waals surface area contributed by atoms with Gasteiger partial charge in [0.2, 0.25) is 5.79 Å². The minimum Gasteiger partial charge on any atom is -0.413 e. The predicted molar refractivity (Wildman–Crippen MR) is 126 cm³/mol. The average molecular weight is 476 g/mol. The van der Waals surface area contributed by atoms with E-state index in [1.807, 2.05) is 0 Å². The quantitative estimate of drug-likeness (QED) is 0.433. The molecule has 184 valence electrons. The first kappa shape index (κ1) is 23.9. The van der Waals surface area contributed by atoms with Crippen LogP contribution in [0.15, 0.2) is 0 Å². The molecule has 5 bridgehead atoms. The Bertz CT molecular complexity index is 857. The van der Waals surface area contributed by atoms with Crippen molar-refractivity contribution >= 4 is 14.1 Å². The molecule has 0 radical (unpaired) electrons. The number of fused-ring (bicyclic) bond motifs is 2. The van der Waals surface area contributed by atoms with Gasteiger partial charge in [-0.1, -0.05) is 20.8 Å². The highest BCUT2D eigenvalue weighted by Gasteiger charge is 2.85. The van der Waals surface area contributed by atoms with Crippen molar-refractivity contribution in [1.82, 2.24) is 0 Å². The number of ether oxygens (including phenoxy) is 2. The Morgan fingerprint density at radius 2 is 1.76 bits per heavy atom. The average Bonchev–Trinajstić information content (AvgIpc) is 2.85. The molecule has 7 saturated carbocycles. The van der Waals surface area contributed by atoms with Crippen LogP contribution in [0.1, 0.15) is 65.7 Å². The van der Waals surface area contributed by atoms with Crippen LogP contribution in [0.25, 0.3) is 0 Å². The number of carbonyl (C=O) groups excluding carboxylic acids is 1. The summed E-state index contributed by atoms with van der Waals surface area (Å²) in [5.74, 6) is -1.60. The van der Waals surface area contributed by atoms with Crippen molar-refractivity contribution in [3.63, 3.8) is 0 Å². The van der Waals surface area contributed by atoms with E-state index in [1.54, 1.807) is 14.2 Å². The molecule has 0 unspecified atom stereocenters. The smallest absolute Gasteiger partial charge is 0.231 e. The molecule has 7 rings (SSSR count). The van der Waals surface area contributed by atoms with Gasteiger partial charge in [-0.15, -0.1) is 0 Å². The van der Waals surface area contributed by atoms with Crippen LogP contribution in [0.3, 0.4) is 0 Å². The maximum atomic E-state index is 14.4. The topological polar surface area (TPSA) is 88.8 Å². The Morgan fingerprint density at radius 3 is 2.33 bits per heavy atom. The Labute approximate surface area is 199 Å². The van der Waals surface area contributed by atoms with Crippen LogP contribution in [0, 0.1) is 45.8 Å². The van der Waals surface area contributed by atoms with Gasteiger partial charge >= 0.3 is 0 Å². The molecule has 8 atom stereocenters. The fraction of sp³-hybridized carbons (Fsp3) is 0.923. The summed E-state index contributed by atoms with van der Waals surface area (Å²) in [6.45, 7) is 6.69. The van der Waals surface area contributed by atoms with E-state index >= 15 is 0 Å². The summed E-state index contributed by atoms with van der Waals surface area (Å²) in [7, 11) is 1.11. The predicted octanol–water partition coefficient (Wildman–Crippen LogP) is 4.43. The van der Waals surface area contributed by atoms with Gasteiger partial charge in [0.15, 0.2) is 14.1 Å². The highest BCUT2D eigenvalue weighted by Crippen LogP contribution is 2.79. The van der Waals surface area contributed by atoms with Crippen molar-refractivity contribution < 1.29 is 23.8 Å². The van der Waals surface area contributed by atoms with E-state index in [-0.39, 0.29) is 35.6 Å². The summed E-state index contributed by atoms with van der Waals surface area (Å²) in [5.41, 5.74) is -2.29. The monoisotopic (exact) mass is 475 g/mol. The van der Waals surface area contributed by atoms with Crippen LogP contribution < -0.4 is 0 Å². The zero-order valence-corrected chi connectivity index (χ0v) is 22.0. The maximum absolute atomic E-state index is 14.4. The van der Waals surface area contributed by atoms with Gasteiger partial charge in [0.05, 0.1) is 23.7 Å². The normalized spacial score (nSPS) is 47.3. The van der Waals surface area contributed by atoms with Crippen LogP contribution in [-0.2, 0) is 18.7 Å². The van der Waals surface area contributed by atoms with Gasteiger partial charge in [-0.2, -0.15) is 5.26 Å². The first-order valence-corrected chi connectivity index (χ1v) is 15.7. The van der Waals surface area contributed by atoms with Crippen molar-refractivity contribution in [2.24, 2.45) is 34.5 Å². The van der Waals surface area contributed by atoms with Crippen LogP contribution >= 0.6 is 0 Å². The molecule has 7 aliphatic carbocycles. The summed E-state index contributed by atoms with van der Waals surface area (Å²) in [6, 6.07) is 5.69. The van der Waals surface area contributed by atoms with Gasteiger partial charge < -0.3 is 19.0 Å². The van der Waals surface area contributed by atoms with Gasteiger partial charge in [0.1, 0.15) is 0 Å². The minimum atomic E-state index is -2.05. The van der Waals surface area contributed by atoms with Crippen LogP contribution in [0.2, 0.25) is 18.1 Å². The van der Waals surface area contributed by atoms with Crippen molar-refractivity contribution in [3.05, 3.63) is 0 Å².